The Bertz CT molecular complexity index is 1200. The van der Waals surface area contributed by atoms with Crippen molar-refractivity contribution in [1.29, 1.82) is 0 Å². The number of anilines is 1. The lowest BCUT2D eigenvalue weighted by molar-refractivity contribution is 0.102. The summed E-state index contributed by atoms with van der Waals surface area (Å²) < 4.78 is 1.16. The average Bonchev–Trinajstić information content (AvgIpc) is 3.33. The van der Waals surface area contributed by atoms with Crippen molar-refractivity contribution in [3.05, 3.63) is 69.6 Å². The molecule has 1 amide bonds. The number of carbonyl (C=O) groups excluding carboxylic acids is 1. The summed E-state index contributed by atoms with van der Waals surface area (Å²) >= 11 is 9.34. The zero-order valence-corrected chi connectivity index (χ0v) is 20.1. The highest BCUT2D eigenvalue weighted by Gasteiger charge is 2.27. The number of rotatable bonds is 4. The van der Waals surface area contributed by atoms with E-state index in [-0.39, 0.29) is 18.3 Å². The van der Waals surface area contributed by atoms with Crippen LogP contribution in [-0.4, -0.2) is 28.9 Å². The Morgan fingerprint density at radius 1 is 1.16 bits per heavy atom. The molecular formula is C23H21Cl2N3OS2. The fraction of sp³-hybridized carbons (Fsp3) is 0.217. The Morgan fingerprint density at radius 2 is 1.94 bits per heavy atom. The van der Waals surface area contributed by atoms with Gasteiger partial charge in [-0.2, -0.15) is 0 Å². The predicted octanol–water partition coefficient (Wildman–Crippen LogP) is 6.73. The zero-order valence-electron chi connectivity index (χ0n) is 16.9. The van der Waals surface area contributed by atoms with Crippen molar-refractivity contribution < 1.29 is 4.79 Å². The number of carbonyl (C=O) groups is 1. The molecule has 1 aliphatic rings. The number of aromatic nitrogens is 1. The largest absolute Gasteiger partial charge is 0.313 e. The molecule has 8 heteroatoms. The molecule has 0 spiro atoms. The summed E-state index contributed by atoms with van der Waals surface area (Å²) in [6.07, 6.45) is 0.974. The predicted molar refractivity (Wildman–Crippen MR) is 134 cm³/mol. The Balaban J connectivity index is 0.00000231. The third-order valence-corrected chi connectivity index (χ3v) is 7.86. The molecular weight excluding hydrogens is 469 g/mol. The highest BCUT2D eigenvalue weighted by molar-refractivity contribution is 7.23. The molecule has 0 saturated heterocycles. The molecule has 0 fully saturated rings. The number of nitrogens with zero attached hydrogens (tertiary/aromatic N) is 2. The number of benzene rings is 2. The van der Waals surface area contributed by atoms with E-state index in [1.807, 2.05) is 18.2 Å². The van der Waals surface area contributed by atoms with Gasteiger partial charge in [-0.1, -0.05) is 30.7 Å². The number of thiophene rings is 1. The molecule has 0 atom stereocenters. The fourth-order valence-electron chi connectivity index (χ4n) is 3.80. The van der Waals surface area contributed by atoms with Gasteiger partial charge in [0.05, 0.1) is 10.2 Å². The summed E-state index contributed by atoms with van der Waals surface area (Å²) in [5, 5.41) is 5.65. The van der Waals surface area contributed by atoms with Gasteiger partial charge in [-0.25, -0.2) is 4.98 Å². The van der Waals surface area contributed by atoms with E-state index in [1.54, 1.807) is 46.9 Å². The van der Waals surface area contributed by atoms with Gasteiger partial charge in [-0.05, 0) is 54.9 Å². The van der Waals surface area contributed by atoms with Crippen LogP contribution in [0.4, 0.5) is 5.00 Å². The lowest BCUT2D eigenvalue weighted by atomic mass is 10.0. The minimum atomic E-state index is -0.125. The number of thiazole rings is 1. The molecule has 3 heterocycles. The van der Waals surface area contributed by atoms with E-state index >= 15 is 0 Å². The van der Waals surface area contributed by atoms with E-state index in [1.165, 1.54) is 10.4 Å². The van der Waals surface area contributed by atoms with Gasteiger partial charge in [0.2, 0.25) is 0 Å². The van der Waals surface area contributed by atoms with E-state index in [2.05, 4.69) is 23.2 Å². The first-order chi connectivity index (χ1) is 14.6. The number of hydrogen-bond donors (Lipinski definition) is 1. The van der Waals surface area contributed by atoms with Crippen LogP contribution < -0.4 is 5.32 Å². The lowest BCUT2D eigenvalue weighted by Crippen LogP contribution is -2.29. The molecule has 2 aromatic heterocycles. The Morgan fingerprint density at radius 3 is 2.68 bits per heavy atom. The fourth-order valence-corrected chi connectivity index (χ4v) is 6.32. The Kier molecular flexibility index (Phi) is 6.65. The van der Waals surface area contributed by atoms with Crippen LogP contribution in [0.5, 0.6) is 0 Å². The smallest absolute Gasteiger partial charge is 0.256 e. The van der Waals surface area contributed by atoms with Gasteiger partial charge in [-0.3, -0.25) is 9.69 Å². The molecule has 4 nitrogen and oxygen atoms in total. The highest BCUT2D eigenvalue weighted by Crippen LogP contribution is 2.45. The van der Waals surface area contributed by atoms with Crippen molar-refractivity contribution in [2.24, 2.45) is 0 Å². The minimum Gasteiger partial charge on any atom is -0.313 e. The summed E-state index contributed by atoms with van der Waals surface area (Å²) in [5.74, 6) is -0.125. The highest BCUT2D eigenvalue weighted by atomic mass is 35.5. The van der Waals surface area contributed by atoms with Crippen LogP contribution in [0.3, 0.4) is 0 Å². The Hall–Kier alpha value is -1.96. The first-order valence-corrected chi connectivity index (χ1v) is 11.9. The number of amides is 1. The van der Waals surface area contributed by atoms with E-state index in [0.29, 0.717) is 10.6 Å². The first-order valence-electron chi connectivity index (χ1n) is 9.92. The molecule has 0 unspecified atom stereocenters. The third-order valence-electron chi connectivity index (χ3n) is 5.42. The van der Waals surface area contributed by atoms with Gasteiger partial charge < -0.3 is 5.32 Å². The van der Waals surface area contributed by atoms with Crippen LogP contribution in [0.2, 0.25) is 5.02 Å². The minimum absolute atomic E-state index is 0. The number of nitrogens with one attached hydrogen (secondary N) is 1. The van der Waals surface area contributed by atoms with Gasteiger partial charge in [0.25, 0.3) is 5.91 Å². The molecule has 1 N–H and O–H groups in total. The van der Waals surface area contributed by atoms with E-state index in [0.717, 1.165) is 51.8 Å². The van der Waals surface area contributed by atoms with E-state index in [9.17, 15) is 4.79 Å². The lowest BCUT2D eigenvalue weighted by Gasteiger charge is -2.25. The number of halogens is 2. The average molecular weight is 490 g/mol. The summed E-state index contributed by atoms with van der Waals surface area (Å²) in [6, 6.07) is 15.2. The second kappa shape index (κ2) is 9.27. The van der Waals surface area contributed by atoms with E-state index in [4.69, 9.17) is 16.6 Å². The molecule has 0 saturated carbocycles. The van der Waals surface area contributed by atoms with Crippen LogP contribution in [0.15, 0.2) is 48.5 Å². The maximum atomic E-state index is 12.9. The maximum Gasteiger partial charge on any atom is 0.256 e. The van der Waals surface area contributed by atoms with Crippen molar-refractivity contribution >= 4 is 67.8 Å². The standard InChI is InChI=1S/C23H20ClN3OS2.ClH/c1-2-27-12-11-16-19(13-27)30-23(26-21(28)14-7-9-15(24)10-8-14)20(16)22-25-17-5-3-4-6-18(17)29-22;/h3-10H,2,11-13H2,1H3,(H,26,28);1H. The van der Waals surface area contributed by atoms with Crippen LogP contribution >= 0.6 is 46.7 Å². The molecule has 1 aliphatic heterocycles. The van der Waals surface area contributed by atoms with Gasteiger partial charge in [0.1, 0.15) is 10.0 Å². The summed E-state index contributed by atoms with van der Waals surface area (Å²) in [5.41, 5.74) is 4.01. The third kappa shape index (κ3) is 4.36. The number of hydrogen-bond acceptors (Lipinski definition) is 5. The summed E-state index contributed by atoms with van der Waals surface area (Å²) in [4.78, 5) is 21.6. The SMILES string of the molecule is CCN1CCc2c(sc(NC(=O)c3ccc(Cl)cc3)c2-c2nc3ccccc3s2)C1.Cl. The summed E-state index contributed by atoms with van der Waals surface area (Å²) in [6.45, 7) is 5.17. The maximum absolute atomic E-state index is 12.9. The molecule has 160 valence electrons. The number of fused-ring (bicyclic) bond motifs is 2. The van der Waals surface area contributed by atoms with Crippen molar-refractivity contribution in [1.82, 2.24) is 9.88 Å². The van der Waals surface area contributed by atoms with Gasteiger partial charge in [0.15, 0.2) is 0 Å². The normalized spacial score (nSPS) is 13.6. The summed E-state index contributed by atoms with van der Waals surface area (Å²) in [7, 11) is 0. The van der Waals surface area contributed by atoms with Crippen LogP contribution in [-0.2, 0) is 13.0 Å². The van der Waals surface area contributed by atoms with Crippen molar-refractivity contribution in [2.75, 3.05) is 18.4 Å². The molecule has 2 aromatic carbocycles. The van der Waals surface area contributed by atoms with Gasteiger partial charge in [0, 0.05) is 34.1 Å². The second-order valence-electron chi connectivity index (χ2n) is 7.27. The van der Waals surface area contributed by atoms with E-state index < -0.39 is 0 Å². The topological polar surface area (TPSA) is 45.2 Å². The second-order valence-corrected chi connectivity index (χ2v) is 9.85. The monoisotopic (exact) mass is 489 g/mol. The number of para-hydroxylation sites is 1. The molecule has 31 heavy (non-hydrogen) atoms. The molecule has 0 aliphatic carbocycles. The number of likely N-dealkylation sites (N-methyl/N-ethyl adjacent to an activating group) is 1. The van der Waals surface area contributed by atoms with Gasteiger partial charge in [-0.15, -0.1) is 35.1 Å². The molecule has 4 aromatic rings. The Labute approximate surface area is 200 Å². The molecule has 0 radical (unpaired) electrons. The molecule has 5 rings (SSSR count). The first kappa shape index (κ1) is 22.2. The zero-order chi connectivity index (χ0) is 20.7. The van der Waals surface area contributed by atoms with Gasteiger partial charge >= 0.3 is 0 Å². The van der Waals surface area contributed by atoms with Crippen molar-refractivity contribution in [3.63, 3.8) is 0 Å². The van der Waals surface area contributed by atoms with Crippen LogP contribution in [0, 0.1) is 0 Å². The van der Waals surface area contributed by atoms with Crippen molar-refractivity contribution in [2.45, 2.75) is 19.9 Å². The van der Waals surface area contributed by atoms with Crippen LogP contribution in [0.1, 0.15) is 27.7 Å². The molecule has 0 bridgehead atoms. The quantitative estimate of drug-likeness (QED) is 0.345. The van der Waals surface area contributed by atoms with Crippen molar-refractivity contribution in [3.8, 4) is 10.6 Å². The van der Waals surface area contributed by atoms with Crippen LogP contribution in [0.25, 0.3) is 20.8 Å².